The molecule has 1 aromatic rings. The molecule has 0 heterocycles. The van der Waals surface area contributed by atoms with Gasteiger partial charge in [0.2, 0.25) is 0 Å². The van der Waals surface area contributed by atoms with Crippen LogP contribution in [0.25, 0.3) is 0 Å². The van der Waals surface area contributed by atoms with E-state index in [0.717, 1.165) is 18.2 Å². The Morgan fingerprint density at radius 2 is 1.74 bits per heavy atom. The molecule has 0 bridgehead atoms. The molecule has 0 radical (unpaired) electrons. The van der Waals surface area contributed by atoms with Gasteiger partial charge in [0.25, 0.3) is 11.4 Å². The van der Waals surface area contributed by atoms with Crippen LogP contribution in [0.2, 0.25) is 0 Å². The van der Waals surface area contributed by atoms with Crippen LogP contribution in [0.4, 0.5) is 11.4 Å². The van der Waals surface area contributed by atoms with E-state index in [2.05, 4.69) is 0 Å². The van der Waals surface area contributed by atoms with Crippen LogP contribution in [0.3, 0.4) is 0 Å². The maximum atomic E-state index is 11.1. The van der Waals surface area contributed by atoms with Crippen molar-refractivity contribution in [3.8, 4) is 0 Å². The second-order valence-electron chi connectivity index (χ2n) is 3.77. The minimum atomic E-state index is -0.839. The number of nitrogens with zero attached hydrogens (tertiary/aromatic N) is 2. The molecule has 1 atom stereocenters. The summed E-state index contributed by atoms with van der Waals surface area (Å²) in [7, 11) is 0. The van der Waals surface area contributed by atoms with Gasteiger partial charge in [-0.05, 0) is 6.92 Å². The summed E-state index contributed by atoms with van der Waals surface area (Å²) in [6, 6.07) is 2.19. The standard InChI is InChI=1S/C10H11N3O6/c1-6(11)10(14)19-5-7-2-8(12(15)16)4-9(3-7)13(17)18/h2-4,6H,5,11H2,1H3/t6-/m1/s1. The molecule has 0 fully saturated rings. The third-order valence-electron chi connectivity index (χ3n) is 2.14. The smallest absolute Gasteiger partial charge is 0.322 e. The third kappa shape index (κ3) is 4.00. The minimum absolute atomic E-state index is 0.148. The molecule has 9 nitrogen and oxygen atoms in total. The number of carbonyl (C=O) groups excluding carboxylic acids is 1. The molecule has 0 aliphatic carbocycles. The topological polar surface area (TPSA) is 139 Å². The lowest BCUT2D eigenvalue weighted by Crippen LogP contribution is -2.28. The Morgan fingerprint density at radius 3 is 2.11 bits per heavy atom. The Labute approximate surface area is 107 Å². The van der Waals surface area contributed by atoms with Gasteiger partial charge in [0.15, 0.2) is 0 Å². The maximum absolute atomic E-state index is 11.1. The van der Waals surface area contributed by atoms with E-state index in [-0.39, 0.29) is 12.2 Å². The molecular formula is C10H11N3O6. The van der Waals surface area contributed by atoms with Crippen molar-refractivity contribution in [2.45, 2.75) is 19.6 Å². The van der Waals surface area contributed by atoms with Gasteiger partial charge in [-0.1, -0.05) is 0 Å². The molecule has 1 aromatic carbocycles. The van der Waals surface area contributed by atoms with E-state index in [4.69, 9.17) is 10.5 Å². The average molecular weight is 269 g/mol. The fraction of sp³-hybridized carbons (Fsp3) is 0.300. The monoisotopic (exact) mass is 269 g/mol. The van der Waals surface area contributed by atoms with Crippen LogP contribution >= 0.6 is 0 Å². The van der Waals surface area contributed by atoms with Crippen molar-refractivity contribution in [1.29, 1.82) is 0 Å². The minimum Gasteiger partial charge on any atom is -0.460 e. The molecule has 0 aliphatic heterocycles. The van der Waals surface area contributed by atoms with Crippen LogP contribution in [0.15, 0.2) is 18.2 Å². The van der Waals surface area contributed by atoms with Gasteiger partial charge in [-0.2, -0.15) is 0 Å². The molecule has 0 unspecified atom stereocenters. The average Bonchev–Trinajstić information content (AvgIpc) is 2.35. The number of esters is 1. The van der Waals surface area contributed by atoms with Crippen molar-refractivity contribution in [2.24, 2.45) is 5.73 Å². The van der Waals surface area contributed by atoms with Gasteiger partial charge in [-0.3, -0.25) is 25.0 Å². The molecule has 0 aromatic heterocycles. The van der Waals surface area contributed by atoms with Crippen LogP contribution in [0.5, 0.6) is 0 Å². The first-order chi connectivity index (χ1) is 8.81. The summed E-state index contributed by atoms with van der Waals surface area (Å²) in [5.41, 5.74) is 4.53. The number of nitro benzene ring substituents is 2. The summed E-state index contributed by atoms with van der Waals surface area (Å²) < 4.78 is 4.75. The summed E-state index contributed by atoms with van der Waals surface area (Å²) in [5, 5.41) is 21.3. The van der Waals surface area contributed by atoms with Crippen molar-refractivity contribution in [3.63, 3.8) is 0 Å². The van der Waals surface area contributed by atoms with Crippen LogP contribution in [-0.4, -0.2) is 21.9 Å². The molecule has 0 saturated carbocycles. The van der Waals surface area contributed by atoms with Crippen molar-refractivity contribution < 1.29 is 19.4 Å². The number of ether oxygens (including phenoxy) is 1. The van der Waals surface area contributed by atoms with E-state index in [0.29, 0.717) is 0 Å². The summed E-state index contributed by atoms with van der Waals surface area (Å²) in [6.07, 6.45) is 0. The van der Waals surface area contributed by atoms with Gasteiger partial charge in [-0.25, -0.2) is 0 Å². The molecule has 102 valence electrons. The molecular weight excluding hydrogens is 258 g/mol. The van der Waals surface area contributed by atoms with Crippen LogP contribution in [0, 0.1) is 20.2 Å². The summed E-state index contributed by atoms with van der Waals surface area (Å²) in [6.45, 7) is 1.10. The molecule has 9 heteroatoms. The first kappa shape index (κ1) is 14.5. The van der Waals surface area contributed by atoms with Crippen LogP contribution < -0.4 is 5.73 Å². The molecule has 1 rings (SSSR count). The number of hydrogen-bond acceptors (Lipinski definition) is 7. The highest BCUT2D eigenvalue weighted by Crippen LogP contribution is 2.23. The van der Waals surface area contributed by atoms with E-state index in [9.17, 15) is 25.0 Å². The maximum Gasteiger partial charge on any atom is 0.322 e. The zero-order valence-electron chi connectivity index (χ0n) is 9.94. The number of nitro groups is 2. The van der Waals surface area contributed by atoms with Crippen molar-refractivity contribution in [1.82, 2.24) is 0 Å². The first-order valence-electron chi connectivity index (χ1n) is 5.16. The number of non-ortho nitro benzene ring substituents is 2. The lowest BCUT2D eigenvalue weighted by Gasteiger charge is -2.07. The zero-order chi connectivity index (χ0) is 14.6. The van der Waals surface area contributed by atoms with Crippen molar-refractivity contribution in [2.75, 3.05) is 0 Å². The molecule has 0 aliphatic rings. The normalized spacial score (nSPS) is 11.7. The molecule has 19 heavy (non-hydrogen) atoms. The van der Waals surface area contributed by atoms with Gasteiger partial charge < -0.3 is 10.5 Å². The lowest BCUT2D eigenvalue weighted by molar-refractivity contribution is -0.394. The second kappa shape index (κ2) is 5.87. The van der Waals surface area contributed by atoms with Gasteiger partial charge in [-0.15, -0.1) is 0 Å². The number of nitrogens with two attached hydrogens (primary N) is 1. The van der Waals surface area contributed by atoms with Crippen LogP contribution in [0.1, 0.15) is 12.5 Å². The van der Waals surface area contributed by atoms with E-state index >= 15 is 0 Å². The highest BCUT2D eigenvalue weighted by Gasteiger charge is 2.17. The van der Waals surface area contributed by atoms with E-state index < -0.39 is 33.2 Å². The highest BCUT2D eigenvalue weighted by molar-refractivity contribution is 5.74. The Balaban J connectivity index is 2.97. The van der Waals surface area contributed by atoms with E-state index in [1.54, 1.807) is 0 Å². The van der Waals surface area contributed by atoms with Crippen molar-refractivity contribution >= 4 is 17.3 Å². The van der Waals surface area contributed by atoms with Crippen molar-refractivity contribution in [3.05, 3.63) is 44.0 Å². The summed E-state index contributed by atoms with van der Waals surface area (Å²) >= 11 is 0. The molecule has 0 saturated heterocycles. The number of benzene rings is 1. The first-order valence-corrected chi connectivity index (χ1v) is 5.16. The predicted molar refractivity (Wildman–Crippen MR) is 63.2 cm³/mol. The predicted octanol–water partition coefficient (Wildman–Crippen LogP) is 0.893. The van der Waals surface area contributed by atoms with Gasteiger partial charge >= 0.3 is 5.97 Å². The molecule has 2 N–H and O–H groups in total. The van der Waals surface area contributed by atoms with Gasteiger partial charge in [0.05, 0.1) is 15.9 Å². The van der Waals surface area contributed by atoms with E-state index in [1.165, 1.54) is 6.92 Å². The van der Waals surface area contributed by atoms with E-state index in [1.807, 2.05) is 0 Å². The highest BCUT2D eigenvalue weighted by atomic mass is 16.6. The third-order valence-corrected chi connectivity index (χ3v) is 2.14. The summed E-state index contributed by atoms with van der Waals surface area (Å²) in [5.74, 6) is -0.700. The SMILES string of the molecule is C[C@@H](N)C(=O)OCc1cc([N+](=O)[O-])cc([N+](=O)[O-])c1. The lowest BCUT2D eigenvalue weighted by atomic mass is 10.2. The largest absolute Gasteiger partial charge is 0.460 e. The number of hydrogen-bond donors (Lipinski definition) is 1. The Hall–Kier alpha value is -2.55. The van der Waals surface area contributed by atoms with Gasteiger partial charge in [0.1, 0.15) is 12.6 Å². The fourth-order valence-electron chi connectivity index (χ4n) is 1.24. The second-order valence-corrected chi connectivity index (χ2v) is 3.77. The van der Waals surface area contributed by atoms with Gasteiger partial charge in [0, 0.05) is 17.7 Å². The summed E-state index contributed by atoms with van der Waals surface area (Å²) in [4.78, 5) is 30.9. The van der Waals surface area contributed by atoms with Crippen LogP contribution in [-0.2, 0) is 16.1 Å². The zero-order valence-corrected chi connectivity index (χ0v) is 9.94. The quantitative estimate of drug-likeness (QED) is 0.475. The molecule has 0 amide bonds. The fourth-order valence-corrected chi connectivity index (χ4v) is 1.24. The molecule has 0 spiro atoms. The Morgan fingerprint density at radius 1 is 1.26 bits per heavy atom. The Bertz CT molecular complexity index is 496. The Kier molecular flexibility index (Phi) is 4.48. The number of carbonyl (C=O) groups is 1. The number of rotatable bonds is 5.